The second-order valence-electron chi connectivity index (χ2n) is 4.49. The van der Waals surface area contributed by atoms with Crippen molar-refractivity contribution in [1.82, 2.24) is 0 Å². The first kappa shape index (κ1) is 13.9. The SMILES string of the molecule is N#COB1COC(=O)C1CCC(=O)c1ccc(O)cc1. The number of benzene rings is 1. The van der Waals surface area contributed by atoms with Crippen LogP contribution in [0, 0.1) is 11.5 Å². The van der Waals surface area contributed by atoms with Gasteiger partial charge in [-0.1, -0.05) is 0 Å². The van der Waals surface area contributed by atoms with Gasteiger partial charge in [0.2, 0.25) is 0 Å². The Hall–Kier alpha value is -2.49. The van der Waals surface area contributed by atoms with Crippen molar-refractivity contribution in [2.45, 2.75) is 18.7 Å². The molecule has 7 heteroatoms. The average Bonchev–Trinajstić information content (AvgIpc) is 2.78. The zero-order valence-corrected chi connectivity index (χ0v) is 10.6. The molecule has 1 unspecified atom stereocenters. The first-order valence-electron chi connectivity index (χ1n) is 6.15. The Bertz CT molecular complexity index is 551. The molecular weight excluding hydrogens is 261 g/mol. The fraction of sp³-hybridized carbons (Fsp3) is 0.308. The van der Waals surface area contributed by atoms with Crippen LogP contribution in [0.25, 0.3) is 0 Å². The van der Waals surface area contributed by atoms with E-state index in [1.807, 2.05) is 0 Å². The number of cyclic esters (lactones) is 1. The summed E-state index contributed by atoms with van der Waals surface area (Å²) in [5, 5.41) is 17.6. The monoisotopic (exact) mass is 273 g/mol. The Morgan fingerprint density at radius 1 is 1.50 bits per heavy atom. The minimum Gasteiger partial charge on any atom is -0.508 e. The molecule has 0 spiro atoms. The van der Waals surface area contributed by atoms with Gasteiger partial charge >= 0.3 is 12.9 Å². The zero-order valence-electron chi connectivity index (χ0n) is 10.6. The van der Waals surface area contributed by atoms with Crippen LogP contribution >= 0.6 is 0 Å². The van der Waals surface area contributed by atoms with Crippen molar-refractivity contribution in [1.29, 1.82) is 5.26 Å². The van der Waals surface area contributed by atoms with Crippen molar-refractivity contribution >= 4 is 18.7 Å². The number of phenolic OH excluding ortho intramolecular Hbond substituents is 1. The largest absolute Gasteiger partial charge is 0.508 e. The summed E-state index contributed by atoms with van der Waals surface area (Å²) >= 11 is 0. The van der Waals surface area contributed by atoms with Crippen LogP contribution in [-0.4, -0.2) is 30.3 Å². The van der Waals surface area contributed by atoms with Gasteiger partial charge in [-0.3, -0.25) is 9.59 Å². The number of ketones is 1. The highest BCUT2D eigenvalue weighted by molar-refractivity contribution is 6.60. The summed E-state index contributed by atoms with van der Waals surface area (Å²) in [7, 11) is 0. The molecule has 0 saturated carbocycles. The van der Waals surface area contributed by atoms with Crippen molar-refractivity contribution in [3.05, 3.63) is 29.8 Å². The fourth-order valence-electron chi connectivity index (χ4n) is 2.11. The predicted octanol–water partition coefficient (Wildman–Crippen LogP) is 1.31. The molecule has 0 aromatic heterocycles. The van der Waals surface area contributed by atoms with Crippen molar-refractivity contribution in [3.63, 3.8) is 0 Å². The number of hydrogen-bond acceptors (Lipinski definition) is 6. The van der Waals surface area contributed by atoms with E-state index >= 15 is 0 Å². The minimum atomic E-state index is -0.611. The van der Waals surface area contributed by atoms with Crippen LogP contribution in [0.5, 0.6) is 5.75 Å². The van der Waals surface area contributed by atoms with E-state index < -0.39 is 18.7 Å². The van der Waals surface area contributed by atoms with Crippen molar-refractivity contribution in [2.24, 2.45) is 0 Å². The van der Waals surface area contributed by atoms with Gasteiger partial charge in [-0.2, -0.15) is 5.26 Å². The number of Topliss-reactive ketones (excluding diaryl/α,β-unsaturated/α-hetero) is 1. The van der Waals surface area contributed by atoms with Crippen LogP contribution in [0.1, 0.15) is 23.2 Å². The number of ether oxygens (including phenoxy) is 1. The second-order valence-corrected chi connectivity index (χ2v) is 4.49. The van der Waals surface area contributed by atoms with Crippen LogP contribution in [0.2, 0.25) is 5.82 Å². The molecule has 6 nitrogen and oxygen atoms in total. The van der Waals surface area contributed by atoms with Gasteiger partial charge in [0.1, 0.15) is 12.3 Å². The van der Waals surface area contributed by atoms with Crippen LogP contribution in [0.4, 0.5) is 0 Å². The Morgan fingerprint density at radius 3 is 2.85 bits per heavy atom. The van der Waals surface area contributed by atoms with Crippen molar-refractivity contribution < 1.29 is 24.1 Å². The molecule has 1 atom stereocenters. The normalized spacial score (nSPS) is 17.4. The molecule has 1 aliphatic rings. The third-order valence-electron chi connectivity index (χ3n) is 3.22. The molecule has 1 heterocycles. The van der Waals surface area contributed by atoms with Gasteiger partial charge in [-0.05, 0) is 30.7 Å². The zero-order chi connectivity index (χ0) is 14.5. The Kier molecular flexibility index (Phi) is 4.25. The molecule has 0 aliphatic carbocycles. The molecule has 0 radical (unpaired) electrons. The lowest BCUT2D eigenvalue weighted by Gasteiger charge is -2.08. The number of hydrogen-bond donors (Lipinski definition) is 1. The smallest absolute Gasteiger partial charge is 0.425 e. The number of aromatic hydroxyl groups is 1. The van der Waals surface area contributed by atoms with E-state index in [0.29, 0.717) is 5.56 Å². The molecule has 2 rings (SSSR count). The van der Waals surface area contributed by atoms with E-state index in [2.05, 4.69) is 0 Å². The van der Waals surface area contributed by atoms with Crippen molar-refractivity contribution in [2.75, 3.05) is 6.51 Å². The van der Waals surface area contributed by atoms with Crippen molar-refractivity contribution in [3.8, 4) is 12.0 Å². The van der Waals surface area contributed by atoms with Crippen LogP contribution in [-0.2, 0) is 14.2 Å². The summed E-state index contributed by atoms with van der Waals surface area (Å²) in [6.45, 7) is -0.565. The number of nitrogens with zero attached hydrogens (tertiary/aromatic N) is 1. The first-order valence-corrected chi connectivity index (χ1v) is 6.15. The van der Waals surface area contributed by atoms with E-state index in [1.165, 1.54) is 24.3 Å². The second kappa shape index (κ2) is 6.11. The molecule has 1 saturated heterocycles. The molecule has 1 fully saturated rings. The Balaban J connectivity index is 1.94. The lowest BCUT2D eigenvalue weighted by atomic mass is 9.57. The Labute approximate surface area is 116 Å². The molecule has 1 aliphatic heterocycles. The van der Waals surface area contributed by atoms with Crippen LogP contribution < -0.4 is 0 Å². The van der Waals surface area contributed by atoms with Crippen LogP contribution in [0.15, 0.2) is 24.3 Å². The number of carbonyl (C=O) groups excluding carboxylic acids is 2. The first-order chi connectivity index (χ1) is 9.61. The van der Waals surface area contributed by atoms with E-state index in [9.17, 15) is 9.59 Å². The summed E-state index contributed by atoms with van der Waals surface area (Å²) in [6.07, 6.45) is 1.96. The van der Waals surface area contributed by atoms with E-state index in [0.717, 1.165) is 0 Å². The third kappa shape index (κ3) is 3.09. The predicted molar refractivity (Wildman–Crippen MR) is 68.8 cm³/mol. The fourth-order valence-corrected chi connectivity index (χ4v) is 2.11. The maximum atomic E-state index is 11.9. The highest BCUT2D eigenvalue weighted by Crippen LogP contribution is 2.27. The van der Waals surface area contributed by atoms with Gasteiger partial charge in [0, 0.05) is 12.0 Å². The van der Waals surface area contributed by atoms with Crippen LogP contribution in [0.3, 0.4) is 0 Å². The van der Waals surface area contributed by atoms with Gasteiger partial charge in [0.05, 0.1) is 5.82 Å². The van der Waals surface area contributed by atoms with Gasteiger partial charge < -0.3 is 14.5 Å². The quantitative estimate of drug-likeness (QED) is 0.376. The van der Waals surface area contributed by atoms with E-state index in [1.54, 1.807) is 6.26 Å². The molecule has 102 valence electrons. The molecule has 1 aromatic carbocycles. The lowest BCUT2D eigenvalue weighted by molar-refractivity contribution is -0.139. The molecule has 0 bridgehead atoms. The summed E-state index contributed by atoms with van der Waals surface area (Å²) < 4.78 is 9.58. The summed E-state index contributed by atoms with van der Waals surface area (Å²) in [5.74, 6) is -1.08. The maximum Gasteiger partial charge on any atom is 0.425 e. The van der Waals surface area contributed by atoms with Gasteiger partial charge in [0.15, 0.2) is 5.78 Å². The Morgan fingerprint density at radius 2 is 2.20 bits per heavy atom. The standard InChI is InChI=1S/C13H12BNO5/c15-8-20-14-7-19-13(18)11(14)5-6-12(17)9-1-3-10(16)4-2-9/h1-4,11,16H,5-7H2. The van der Waals surface area contributed by atoms with E-state index in [4.69, 9.17) is 19.8 Å². The minimum absolute atomic E-state index is 0.0461. The van der Waals surface area contributed by atoms with E-state index in [-0.39, 0.29) is 30.9 Å². The molecule has 1 aromatic rings. The molecule has 1 N–H and O–H groups in total. The van der Waals surface area contributed by atoms with Gasteiger partial charge in [-0.25, -0.2) is 0 Å². The number of phenols is 1. The molecule has 0 amide bonds. The molecular formula is C13H12BNO5. The lowest BCUT2D eigenvalue weighted by Crippen LogP contribution is -2.24. The highest BCUT2D eigenvalue weighted by atomic mass is 16.6. The topological polar surface area (TPSA) is 96.6 Å². The number of esters is 1. The van der Waals surface area contributed by atoms with Gasteiger partial charge in [0.25, 0.3) is 6.26 Å². The summed E-state index contributed by atoms with van der Waals surface area (Å²) in [5.41, 5.74) is 0.465. The summed E-state index contributed by atoms with van der Waals surface area (Å²) in [6, 6.07) is 5.90. The number of rotatable bonds is 5. The highest BCUT2D eigenvalue weighted by Gasteiger charge is 2.43. The number of carbonyl (C=O) groups is 2. The maximum absolute atomic E-state index is 11.9. The summed E-state index contributed by atoms with van der Waals surface area (Å²) in [4.78, 5) is 23.4. The third-order valence-corrected chi connectivity index (χ3v) is 3.22. The number of nitriles is 1. The molecule has 20 heavy (non-hydrogen) atoms. The average molecular weight is 273 g/mol. The van der Waals surface area contributed by atoms with Gasteiger partial charge in [-0.15, -0.1) is 0 Å².